The van der Waals surface area contributed by atoms with Gasteiger partial charge in [-0.25, -0.2) is 4.98 Å². The van der Waals surface area contributed by atoms with Gasteiger partial charge in [0.25, 0.3) is 5.91 Å². The number of carbonyl (C=O) groups is 2. The van der Waals surface area contributed by atoms with E-state index >= 15 is 0 Å². The van der Waals surface area contributed by atoms with Crippen LogP contribution >= 0.6 is 34.3 Å². The van der Waals surface area contributed by atoms with E-state index in [-0.39, 0.29) is 11.7 Å². The lowest BCUT2D eigenvalue weighted by molar-refractivity contribution is 0.100. The van der Waals surface area contributed by atoms with Crippen molar-refractivity contribution >= 4 is 61.2 Å². The summed E-state index contributed by atoms with van der Waals surface area (Å²) in [6.45, 7) is 1.43. The van der Waals surface area contributed by atoms with Crippen molar-refractivity contribution in [2.75, 3.05) is 5.32 Å². The Morgan fingerprint density at radius 1 is 1.29 bits per heavy atom. The van der Waals surface area contributed by atoms with Gasteiger partial charge in [-0.3, -0.25) is 14.9 Å². The summed E-state index contributed by atoms with van der Waals surface area (Å²) in [5, 5.41) is 5.98. The summed E-state index contributed by atoms with van der Waals surface area (Å²) in [6.07, 6.45) is 0. The number of nitrogens with zero attached hydrogens (tertiary/aromatic N) is 1. The third-order valence-electron chi connectivity index (χ3n) is 2.83. The Balaban J connectivity index is 1.89. The van der Waals surface area contributed by atoms with Crippen LogP contribution in [-0.2, 0) is 0 Å². The maximum atomic E-state index is 12.3. The van der Waals surface area contributed by atoms with Crippen LogP contribution in [0.2, 0.25) is 5.02 Å². The number of fused-ring (bicyclic) bond motifs is 1. The summed E-state index contributed by atoms with van der Waals surface area (Å²) in [5.74, 6) is -0.447. The van der Waals surface area contributed by atoms with Crippen LogP contribution in [0, 0.1) is 0 Å². The molecule has 3 rings (SSSR count). The number of carbonyl (C=O) groups excluding carboxylic acids is 2. The molecule has 0 spiro atoms. The molecule has 0 radical (unpaired) electrons. The lowest BCUT2D eigenvalue weighted by Crippen LogP contribution is -2.10. The van der Waals surface area contributed by atoms with Crippen molar-refractivity contribution in [2.45, 2.75) is 6.92 Å². The van der Waals surface area contributed by atoms with Crippen molar-refractivity contribution in [3.8, 4) is 0 Å². The van der Waals surface area contributed by atoms with E-state index < -0.39 is 0 Å². The highest BCUT2D eigenvalue weighted by Gasteiger charge is 2.18. The van der Waals surface area contributed by atoms with Crippen molar-refractivity contribution in [2.24, 2.45) is 0 Å². The number of Topliss-reactive ketones (excluding diaryl/α,β-unsaturated/α-hetero) is 1. The number of rotatable bonds is 3. The molecule has 0 aliphatic carbocycles. The monoisotopic (exact) mass is 336 g/mol. The second-order valence-electron chi connectivity index (χ2n) is 4.29. The molecule has 0 atom stereocenters. The van der Waals surface area contributed by atoms with Crippen LogP contribution in [0.5, 0.6) is 0 Å². The van der Waals surface area contributed by atoms with E-state index in [4.69, 9.17) is 11.6 Å². The topological polar surface area (TPSA) is 59.1 Å². The van der Waals surface area contributed by atoms with Crippen LogP contribution in [0.1, 0.15) is 27.1 Å². The number of hydrogen-bond acceptors (Lipinski definition) is 5. The maximum Gasteiger partial charge on any atom is 0.269 e. The number of amides is 1. The number of anilines is 1. The number of aromatic nitrogens is 1. The van der Waals surface area contributed by atoms with Gasteiger partial charge in [0.2, 0.25) is 0 Å². The maximum absolute atomic E-state index is 12.3. The minimum absolute atomic E-state index is 0.133. The van der Waals surface area contributed by atoms with Gasteiger partial charge < -0.3 is 0 Å². The summed E-state index contributed by atoms with van der Waals surface area (Å²) < 4.78 is 0.955. The number of thiophene rings is 1. The number of hydrogen-bond donors (Lipinski definition) is 1. The van der Waals surface area contributed by atoms with Gasteiger partial charge in [-0.05, 0) is 6.07 Å². The smallest absolute Gasteiger partial charge is 0.269 e. The fourth-order valence-electron chi connectivity index (χ4n) is 1.81. The first-order valence-corrected chi connectivity index (χ1v) is 8.08. The Labute approximate surface area is 133 Å². The predicted octanol–water partition coefficient (Wildman–Crippen LogP) is 4.47. The molecule has 0 bridgehead atoms. The molecule has 106 valence electrons. The van der Waals surface area contributed by atoms with E-state index in [0.29, 0.717) is 20.7 Å². The molecule has 2 heterocycles. The second-order valence-corrected chi connectivity index (χ2v) is 6.58. The molecule has 2 aromatic heterocycles. The first-order valence-electron chi connectivity index (χ1n) is 6.01. The van der Waals surface area contributed by atoms with Crippen molar-refractivity contribution in [3.05, 3.63) is 45.2 Å². The van der Waals surface area contributed by atoms with Gasteiger partial charge >= 0.3 is 0 Å². The zero-order chi connectivity index (χ0) is 15.0. The van der Waals surface area contributed by atoms with E-state index in [1.165, 1.54) is 29.6 Å². The molecule has 1 aromatic carbocycles. The van der Waals surface area contributed by atoms with Crippen LogP contribution in [0.25, 0.3) is 10.1 Å². The van der Waals surface area contributed by atoms with Crippen molar-refractivity contribution < 1.29 is 9.59 Å². The van der Waals surface area contributed by atoms with E-state index in [2.05, 4.69) is 10.3 Å². The molecular formula is C14H9ClN2O2S2. The minimum atomic E-state index is -0.314. The Hall–Kier alpha value is -1.76. The van der Waals surface area contributed by atoms with Gasteiger partial charge in [0.15, 0.2) is 10.9 Å². The van der Waals surface area contributed by atoms with Gasteiger partial charge in [0, 0.05) is 22.4 Å². The highest BCUT2D eigenvalue weighted by molar-refractivity contribution is 7.21. The Bertz CT molecular complexity index is 854. The van der Waals surface area contributed by atoms with Crippen LogP contribution in [0.4, 0.5) is 5.13 Å². The number of ketones is 1. The normalized spacial score (nSPS) is 10.8. The van der Waals surface area contributed by atoms with Crippen molar-refractivity contribution in [1.29, 1.82) is 0 Å². The van der Waals surface area contributed by atoms with Gasteiger partial charge in [0.1, 0.15) is 10.6 Å². The average Bonchev–Trinajstić information content (AvgIpc) is 3.05. The summed E-state index contributed by atoms with van der Waals surface area (Å²) >= 11 is 8.79. The quantitative estimate of drug-likeness (QED) is 0.718. The lowest BCUT2D eigenvalue weighted by atomic mass is 10.2. The first kappa shape index (κ1) is 14.2. The molecule has 0 aliphatic heterocycles. The average molecular weight is 337 g/mol. The van der Waals surface area contributed by atoms with E-state index in [1.807, 2.05) is 24.3 Å². The standard InChI is InChI=1S/C14H9ClN2O2S2/c1-7(18)9-6-20-14(16-9)17-13(19)12-11(15)8-4-2-3-5-10(8)21-12/h2-6H,1H3,(H,16,17,19). The molecular weight excluding hydrogens is 328 g/mol. The van der Waals surface area contributed by atoms with Gasteiger partial charge in [-0.15, -0.1) is 22.7 Å². The molecule has 0 unspecified atom stereocenters. The molecule has 7 heteroatoms. The number of thiazole rings is 1. The van der Waals surface area contributed by atoms with Crippen LogP contribution in [0.3, 0.4) is 0 Å². The van der Waals surface area contributed by atoms with Gasteiger partial charge in [-0.1, -0.05) is 29.8 Å². The lowest BCUT2D eigenvalue weighted by Gasteiger charge is -1.99. The minimum Gasteiger partial charge on any atom is -0.297 e. The largest absolute Gasteiger partial charge is 0.297 e. The number of nitrogens with one attached hydrogen (secondary N) is 1. The molecule has 0 fully saturated rings. The highest BCUT2D eigenvalue weighted by atomic mass is 35.5. The van der Waals surface area contributed by atoms with Crippen molar-refractivity contribution in [3.63, 3.8) is 0 Å². The molecule has 21 heavy (non-hydrogen) atoms. The summed E-state index contributed by atoms with van der Waals surface area (Å²) in [6, 6.07) is 7.57. The first-order chi connectivity index (χ1) is 10.1. The number of benzene rings is 1. The molecule has 0 aliphatic rings. The zero-order valence-electron chi connectivity index (χ0n) is 10.8. The van der Waals surface area contributed by atoms with Crippen LogP contribution in [0.15, 0.2) is 29.6 Å². The van der Waals surface area contributed by atoms with Gasteiger partial charge in [-0.2, -0.15) is 0 Å². The fourth-order valence-corrected chi connectivity index (χ4v) is 3.96. The Kier molecular flexibility index (Phi) is 3.75. The van der Waals surface area contributed by atoms with E-state index in [1.54, 1.807) is 5.38 Å². The number of halogens is 1. The van der Waals surface area contributed by atoms with E-state index in [0.717, 1.165) is 10.1 Å². The Morgan fingerprint density at radius 2 is 2.05 bits per heavy atom. The van der Waals surface area contributed by atoms with Crippen LogP contribution in [-0.4, -0.2) is 16.7 Å². The molecule has 1 amide bonds. The Morgan fingerprint density at radius 3 is 2.71 bits per heavy atom. The summed E-state index contributed by atoms with van der Waals surface area (Å²) in [7, 11) is 0. The third kappa shape index (κ3) is 2.70. The predicted molar refractivity (Wildman–Crippen MR) is 86.9 cm³/mol. The SMILES string of the molecule is CC(=O)c1csc(NC(=O)c2sc3ccccc3c2Cl)n1. The molecule has 0 saturated heterocycles. The fraction of sp³-hybridized carbons (Fsp3) is 0.0714. The zero-order valence-corrected chi connectivity index (χ0v) is 13.2. The molecule has 4 nitrogen and oxygen atoms in total. The van der Waals surface area contributed by atoms with E-state index in [9.17, 15) is 9.59 Å². The molecule has 3 aromatic rings. The van der Waals surface area contributed by atoms with Crippen LogP contribution < -0.4 is 5.32 Å². The van der Waals surface area contributed by atoms with Crippen molar-refractivity contribution in [1.82, 2.24) is 4.98 Å². The highest BCUT2D eigenvalue weighted by Crippen LogP contribution is 2.35. The molecule has 0 saturated carbocycles. The second kappa shape index (κ2) is 5.55. The third-order valence-corrected chi connectivity index (χ3v) is 5.26. The van der Waals surface area contributed by atoms with Gasteiger partial charge in [0.05, 0.1) is 5.02 Å². The molecule has 1 N–H and O–H groups in total. The summed E-state index contributed by atoms with van der Waals surface area (Å²) in [4.78, 5) is 28.0. The summed E-state index contributed by atoms with van der Waals surface area (Å²) in [5.41, 5.74) is 0.345.